The van der Waals surface area contributed by atoms with Gasteiger partial charge in [0.15, 0.2) is 0 Å². The molecule has 3 rings (SSSR count). The van der Waals surface area contributed by atoms with Gasteiger partial charge in [0.25, 0.3) is 0 Å². The molecule has 2 aliphatic rings. The zero-order valence-electron chi connectivity index (χ0n) is 12.6. The third-order valence-corrected chi connectivity index (χ3v) is 4.62. The summed E-state index contributed by atoms with van der Waals surface area (Å²) in [5, 5.41) is 6.35. The number of anilines is 2. The van der Waals surface area contributed by atoms with Crippen molar-refractivity contribution in [1.29, 1.82) is 0 Å². The minimum atomic E-state index is 0.00866. The highest BCUT2D eigenvalue weighted by Crippen LogP contribution is 2.26. The van der Waals surface area contributed by atoms with E-state index >= 15 is 0 Å². The summed E-state index contributed by atoms with van der Waals surface area (Å²) in [4.78, 5) is 13.5. The van der Waals surface area contributed by atoms with Gasteiger partial charge >= 0.3 is 6.03 Å². The predicted molar refractivity (Wildman–Crippen MR) is 86.9 cm³/mol. The minimum absolute atomic E-state index is 0.00866. The molecule has 2 amide bonds. The van der Waals surface area contributed by atoms with Gasteiger partial charge in [0, 0.05) is 31.0 Å². The molecule has 1 aromatic rings. The SMILES string of the molecule is O=C1NCCN1c1cccc(NCCC2CCCCC2)c1. The molecule has 4 heteroatoms. The zero-order chi connectivity index (χ0) is 14.5. The molecule has 0 spiro atoms. The van der Waals surface area contributed by atoms with Crippen LogP contribution in [0.1, 0.15) is 38.5 Å². The number of amides is 2. The fraction of sp³-hybridized carbons (Fsp3) is 0.588. The average Bonchev–Trinajstić information content (AvgIpc) is 2.95. The quantitative estimate of drug-likeness (QED) is 0.869. The first-order valence-electron chi connectivity index (χ1n) is 8.22. The summed E-state index contributed by atoms with van der Waals surface area (Å²) in [5.41, 5.74) is 2.09. The molecule has 0 radical (unpaired) electrons. The zero-order valence-corrected chi connectivity index (χ0v) is 12.6. The van der Waals surface area contributed by atoms with Crippen molar-refractivity contribution in [2.45, 2.75) is 38.5 Å². The van der Waals surface area contributed by atoms with Crippen LogP contribution >= 0.6 is 0 Å². The number of hydrogen-bond donors (Lipinski definition) is 2. The molecule has 0 unspecified atom stereocenters. The van der Waals surface area contributed by atoms with Gasteiger partial charge in [0.05, 0.1) is 0 Å². The number of urea groups is 1. The molecule has 1 saturated heterocycles. The summed E-state index contributed by atoms with van der Waals surface area (Å²) in [5.74, 6) is 0.902. The number of nitrogens with one attached hydrogen (secondary N) is 2. The van der Waals surface area contributed by atoms with E-state index in [2.05, 4.69) is 22.8 Å². The van der Waals surface area contributed by atoms with Crippen LogP contribution in [0.4, 0.5) is 16.2 Å². The van der Waals surface area contributed by atoms with Crippen LogP contribution < -0.4 is 15.5 Å². The van der Waals surface area contributed by atoms with Crippen LogP contribution in [-0.2, 0) is 0 Å². The molecule has 1 aromatic carbocycles. The lowest BCUT2D eigenvalue weighted by molar-refractivity contribution is 0.252. The second kappa shape index (κ2) is 6.83. The maximum absolute atomic E-state index is 11.7. The molecule has 1 aliphatic carbocycles. The Hall–Kier alpha value is -1.71. The van der Waals surface area contributed by atoms with Crippen molar-refractivity contribution in [3.05, 3.63) is 24.3 Å². The standard InChI is InChI=1S/C17H25N3O/c21-17-19-11-12-20(17)16-8-4-7-15(13-16)18-10-9-14-5-2-1-3-6-14/h4,7-8,13-14,18H,1-3,5-6,9-12H2,(H,19,21). The van der Waals surface area contributed by atoms with Gasteiger partial charge in [0.2, 0.25) is 0 Å². The molecule has 4 nitrogen and oxygen atoms in total. The Morgan fingerprint density at radius 2 is 2.10 bits per heavy atom. The van der Waals surface area contributed by atoms with E-state index < -0.39 is 0 Å². The largest absolute Gasteiger partial charge is 0.385 e. The number of hydrogen-bond acceptors (Lipinski definition) is 2. The van der Waals surface area contributed by atoms with E-state index in [1.54, 1.807) is 4.90 Å². The lowest BCUT2D eigenvalue weighted by Crippen LogP contribution is -2.27. The summed E-state index contributed by atoms with van der Waals surface area (Å²) in [6, 6.07) is 8.18. The maximum atomic E-state index is 11.7. The van der Waals surface area contributed by atoms with Crippen molar-refractivity contribution in [1.82, 2.24) is 5.32 Å². The highest BCUT2D eigenvalue weighted by atomic mass is 16.2. The second-order valence-electron chi connectivity index (χ2n) is 6.15. The lowest BCUT2D eigenvalue weighted by Gasteiger charge is -2.22. The van der Waals surface area contributed by atoms with E-state index in [0.717, 1.165) is 36.9 Å². The van der Waals surface area contributed by atoms with Gasteiger partial charge in [-0.15, -0.1) is 0 Å². The summed E-state index contributed by atoms with van der Waals surface area (Å²) < 4.78 is 0. The van der Waals surface area contributed by atoms with Gasteiger partial charge in [-0.25, -0.2) is 4.79 Å². The Balaban J connectivity index is 1.52. The Bertz CT molecular complexity index is 483. The Labute approximate surface area is 126 Å². The maximum Gasteiger partial charge on any atom is 0.321 e. The van der Waals surface area contributed by atoms with Crippen molar-refractivity contribution >= 4 is 17.4 Å². The van der Waals surface area contributed by atoms with Crippen molar-refractivity contribution in [3.63, 3.8) is 0 Å². The Morgan fingerprint density at radius 1 is 1.24 bits per heavy atom. The first-order chi connectivity index (χ1) is 10.3. The molecule has 1 saturated carbocycles. The molecule has 1 aliphatic heterocycles. The second-order valence-corrected chi connectivity index (χ2v) is 6.15. The van der Waals surface area contributed by atoms with Gasteiger partial charge < -0.3 is 10.6 Å². The smallest absolute Gasteiger partial charge is 0.321 e. The molecule has 1 heterocycles. The van der Waals surface area contributed by atoms with Crippen molar-refractivity contribution in [3.8, 4) is 0 Å². The molecular formula is C17H25N3O. The van der Waals surface area contributed by atoms with Crippen LogP contribution in [-0.4, -0.2) is 25.7 Å². The van der Waals surface area contributed by atoms with Gasteiger partial charge in [-0.3, -0.25) is 4.90 Å². The van der Waals surface area contributed by atoms with E-state index in [-0.39, 0.29) is 6.03 Å². The Kier molecular flexibility index (Phi) is 4.63. The summed E-state index contributed by atoms with van der Waals surface area (Å²) >= 11 is 0. The van der Waals surface area contributed by atoms with E-state index in [1.165, 1.54) is 38.5 Å². The molecule has 114 valence electrons. The number of carbonyl (C=O) groups is 1. The van der Waals surface area contributed by atoms with Crippen LogP contribution in [0.3, 0.4) is 0 Å². The van der Waals surface area contributed by atoms with Crippen molar-refractivity contribution < 1.29 is 4.79 Å². The minimum Gasteiger partial charge on any atom is -0.385 e. The molecule has 0 bridgehead atoms. The third kappa shape index (κ3) is 3.69. The van der Waals surface area contributed by atoms with Gasteiger partial charge in [-0.05, 0) is 30.5 Å². The molecule has 0 atom stereocenters. The summed E-state index contributed by atoms with van der Waals surface area (Å²) in [7, 11) is 0. The van der Waals surface area contributed by atoms with Crippen LogP contribution in [0.25, 0.3) is 0 Å². The lowest BCUT2D eigenvalue weighted by atomic mass is 9.87. The topological polar surface area (TPSA) is 44.4 Å². The third-order valence-electron chi connectivity index (χ3n) is 4.62. The average molecular weight is 287 g/mol. The van der Waals surface area contributed by atoms with Crippen molar-refractivity contribution in [2.75, 3.05) is 29.9 Å². The summed E-state index contributed by atoms with van der Waals surface area (Å²) in [6.07, 6.45) is 8.29. The van der Waals surface area contributed by atoms with E-state index in [9.17, 15) is 4.79 Å². The fourth-order valence-corrected chi connectivity index (χ4v) is 3.40. The van der Waals surface area contributed by atoms with Crippen LogP contribution in [0.15, 0.2) is 24.3 Å². The molecular weight excluding hydrogens is 262 g/mol. The van der Waals surface area contributed by atoms with E-state index in [1.807, 2.05) is 12.1 Å². The monoisotopic (exact) mass is 287 g/mol. The summed E-state index contributed by atoms with van der Waals surface area (Å²) in [6.45, 7) is 2.52. The van der Waals surface area contributed by atoms with E-state index in [0.29, 0.717) is 0 Å². The number of rotatable bonds is 5. The molecule has 0 aromatic heterocycles. The first-order valence-corrected chi connectivity index (χ1v) is 8.22. The van der Waals surface area contributed by atoms with Gasteiger partial charge in [0.1, 0.15) is 0 Å². The molecule has 21 heavy (non-hydrogen) atoms. The first kappa shape index (κ1) is 14.2. The molecule has 2 fully saturated rings. The Morgan fingerprint density at radius 3 is 2.86 bits per heavy atom. The number of nitrogens with zero attached hydrogens (tertiary/aromatic N) is 1. The highest BCUT2D eigenvalue weighted by molar-refractivity contribution is 5.94. The van der Waals surface area contributed by atoms with Crippen LogP contribution in [0, 0.1) is 5.92 Å². The number of carbonyl (C=O) groups excluding carboxylic acids is 1. The normalized spacial score (nSPS) is 19.6. The van der Waals surface area contributed by atoms with E-state index in [4.69, 9.17) is 0 Å². The number of benzene rings is 1. The van der Waals surface area contributed by atoms with Gasteiger partial charge in [-0.2, -0.15) is 0 Å². The van der Waals surface area contributed by atoms with Crippen LogP contribution in [0.2, 0.25) is 0 Å². The van der Waals surface area contributed by atoms with Crippen LogP contribution in [0.5, 0.6) is 0 Å². The molecule has 2 N–H and O–H groups in total. The fourth-order valence-electron chi connectivity index (χ4n) is 3.40. The highest BCUT2D eigenvalue weighted by Gasteiger charge is 2.21. The van der Waals surface area contributed by atoms with Gasteiger partial charge in [-0.1, -0.05) is 38.2 Å². The predicted octanol–water partition coefficient (Wildman–Crippen LogP) is 3.60. The van der Waals surface area contributed by atoms with Crippen molar-refractivity contribution in [2.24, 2.45) is 5.92 Å².